The van der Waals surface area contributed by atoms with Crippen molar-refractivity contribution in [2.24, 2.45) is 0 Å². The van der Waals surface area contributed by atoms with Crippen LogP contribution in [0.15, 0.2) is 131 Å². The van der Waals surface area contributed by atoms with E-state index in [2.05, 4.69) is 43.4 Å². The zero-order valence-electron chi connectivity index (χ0n) is 34.8. The lowest BCUT2D eigenvalue weighted by Crippen LogP contribution is -2.43. The fraction of sp³-hybridized carbons (Fsp3) is 0.370. The Balaban J connectivity index is 1.50. The van der Waals surface area contributed by atoms with Crippen molar-refractivity contribution in [3.8, 4) is 17.6 Å². The second-order valence-electron chi connectivity index (χ2n) is 14.8. The Morgan fingerprint density at radius 3 is 1.90 bits per heavy atom. The van der Waals surface area contributed by atoms with Crippen molar-refractivity contribution in [1.29, 1.82) is 5.26 Å². The van der Waals surface area contributed by atoms with Crippen LogP contribution in [0.4, 0.5) is 0 Å². The number of H-pyrrole nitrogens is 1. The quantitative estimate of drug-likeness (QED) is 0.0468. The van der Waals surface area contributed by atoms with Gasteiger partial charge >= 0.3 is 5.69 Å². The van der Waals surface area contributed by atoms with Crippen LogP contribution in [0.1, 0.15) is 62.6 Å². The summed E-state index contributed by atoms with van der Waals surface area (Å²) in [6.07, 6.45) is -2.19. The summed E-state index contributed by atoms with van der Waals surface area (Å²) >= 11 is 0. The van der Waals surface area contributed by atoms with Crippen LogP contribution in [0, 0.1) is 11.3 Å². The van der Waals surface area contributed by atoms with E-state index in [1.165, 1.54) is 16.8 Å². The molecule has 1 fully saturated rings. The van der Waals surface area contributed by atoms with Gasteiger partial charge in [0.25, 0.3) is 14.1 Å². The van der Waals surface area contributed by atoms with Crippen LogP contribution in [0.2, 0.25) is 0 Å². The molecular weight excluding hydrogens is 783 g/mol. The first-order valence-electron chi connectivity index (χ1n) is 20.0. The zero-order chi connectivity index (χ0) is 42.6. The predicted octanol–water partition coefficient (Wildman–Crippen LogP) is 7.71. The van der Waals surface area contributed by atoms with Gasteiger partial charge < -0.3 is 32.7 Å². The second kappa shape index (κ2) is 20.9. The van der Waals surface area contributed by atoms with Gasteiger partial charge in [0.2, 0.25) is 0 Å². The molecule has 1 aromatic heterocycles. The van der Waals surface area contributed by atoms with Crippen LogP contribution < -0.4 is 20.7 Å². The maximum absolute atomic E-state index is 13.5. The van der Waals surface area contributed by atoms with Gasteiger partial charge in [0.05, 0.1) is 46.5 Å². The van der Waals surface area contributed by atoms with E-state index in [-0.39, 0.29) is 38.3 Å². The number of hydrogen-bond acceptors (Lipinski definition) is 11. The molecule has 1 saturated heterocycles. The number of methoxy groups -OCH3 is 2. The van der Waals surface area contributed by atoms with E-state index < -0.39 is 49.9 Å². The summed E-state index contributed by atoms with van der Waals surface area (Å²) in [5.74, 6) is 1.36. The number of aromatic nitrogens is 2. The molecule has 0 bridgehead atoms. The predicted molar refractivity (Wildman–Crippen MR) is 229 cm³/mol. The molecule has 0 saturated carbocycles. The van der Waals surface area contributed by atoms with E-state index >= 15 is 0 Å². The first-order chi connectivity index (χ1) is 29.1. The highest BCUT2D eigenvalue weighted by Crippen LogP contribution is 2.51. The summed E-state index contributed by atoms with van der Waals surface area (Å²) in [5, 5.41) is 9.47. The van der Waals surface area contributed by atoms with E-state index in [9.17, 15) is 14.9 Å². The van der Waals surface area contributed by atoms with E-state index in [0.717, 1.165) is 22.3 Å². The molecule has 13 nitrogen and oxygen atoms in total. The minimum Gasteiger partial charge on any atom is -0.497 e. The van der Waals surface area contributed by atoms with Crippen LogP contribution in [0.3, 0.4) is 0 Å². The number of ether oxygens (including phenoxy) is 5. The van der Waals surface area contributed by atoms with Gasteiger partial charge in [-0.2, -0.15) is 5.26 Å². The molecule has 5 aromatic rings. The van der Waals surface area contributed by atoms with Crippen LogP contribution >= 0.6 is 8.53 Å². The average Bonchev–Trinajstić information content (AvgIpc) is 3.59. The number of benzene rings is 4. The van der Waals surface area contributed by atoms with Gasteiger partial charge in [-0.15, -0.1) is 0 Å². The Bertz CT molecular complexity index is 2190. The van der Waals surface area contributed by atoms with Crippen LogP contribution in [-0.4, -0.2) is 72.1 Å². The minimum atomic E-state index is -1.83. The largest absolute Gasteiger partial charge is 0.497 e. The number of aromatic amines is 1. The third-order valence-electron chi connectivity index (χ3n) is 10.2. The molecule has 1 N–H and O–H groups in total. The van der Waals surface area contributed by atoms with Gasteiger partial charge in [0, 0.05) is 24.3 Å². The fourth-order valence-corrected chi connectivity index (χ4v) is 9.21. The van der Waals surface area contributed by atoms with Crippen molar-refractivity contribution in [2.45, 2.75) is 82.9 Å². The van der Waals surface area contributed by atoms with Gasteiger partial charge in [0.1, 0.15) is 35.4 Å². The summed E-state index contributed by atoms with van der Waals surface area (Å²) in [5.41, 5.74) is 0.931. The molecule has 0 radical (unpaired) electrons. The van der Waals surface area contributed by atoms with E-state index in [1.54, 1.807) is 14.2 Å². The van der Waals surface area contributed by atoms with Crippen LogP contribution in [-0.2, 0) is 35.5 Å². The Morgan fingerprint density at radius 1 is 0.800 bits per heavy atom. The number of nitrogens with one attached hydrogen (secondary N) is 1. The molecule has 0 amide bonds. The summed E-state index contributed by atoms with van der Waals surface area (Å²) in [4.78, 5) is 28.2. The lowest BCUT2D eigenvalue weighted by Gasteiger charge is -2.39. The van der Waals surface area contributed by atoms with Crippen molar-refractivity contribution in [3.05, 3.63) is 165 Å². The summed E-state index contributed by atoms with van der Waals surface area (Å²) < 4.78 is 49.1. The third kappa shape index (κ3) is 10.2. The Hall–Kier alpha value is -5.16. The second-order valence-corrected chi connectivity index (χ2v) is 16.2. The molecule has 316 valence electrons. The van der Waals surface area contributed by atoms with E-state index in [4.69, 9.17) is 32.7 Å². The highest BCUT2D eigenvalue weighted by Gasteiger charge is 2.51. The number of hydrogen-bond donors (Lipinski definition) is 1. The summed E-state index contributed by atoms with van der Waals surface area (Å²) in [7, 11) is 1.41. The van der Waals surface area contributed by atoms with Crippen molar-refractivity contribution in [1.82, 2.24) is 14.2 Å². The van der Waals surface area contributed by atoms with Crippen molar-refractivity contribution >= 4 is 8.53 Å². The van der Waals surface area contributed by atoms with Crippen molar-refractivity contribution < 1.29 is 32.7 Å². The summed E-state index contributed by atoms with van der Waals surface area (Å²) in [6, 6.07) is 38.4. The first kappa shape index (κ1) is 44.4. The molecule has 3 unspecified atom stereocenters. The normalized spacial score (nSPS) is 18.5. The van der Waals surface area contributed by atoms with Gasteiger partial charge in [-0.25, -0.2) is 9.46 Å². The molecule has 4 aromatic carbocycles. The highest BCUT2D eigenvalue weighted by molar-refractivity contribution is 7.44. The maximum atomic E-state index is 13.5. The first-order valence-corrected chi connectivity index (χ1v) is 21.1. The molecule has 0 aliphatic carbocycles. The molecule has 14 heteroatoms. The highest BCUT2D eigenvalue weighted by atomic mass is 31.2. The Morgan fingerprint density at radius 2 is 1.37 bits per heavy atom. The lowest BCUT2D eigenvalue weighted by molar-refractivity contribution is -0.0988. The monoisotopic (exact) mass is 836 g/mol. The van der Waals surface area contributed by atoms with Crippen molar-refractivity contribution in [2.75, 3.05) is 27.4 Å². The van der Waals surface area contributed by atoms with Gasteiger partial charge in [-0.1, -0.05) is 84.9 Å². The standard InChI is InChI=1S/C46H53N4O9P/c1-32(2)50(33(3)4)60(57-29-13-27-47)59-42-40(58-44(49-28-26-41(51)48-45(49)52)43(42)55-30-34-14-9-7-10-15-34)31-56-46(35-16-11-8-12-17-35,36-18-22-38(53-5)23-19-36)37-20-24-39(54-6)25-21-37/h7-12,14-26,28,32-33,40,42-44H,13,29-31H2,1-6H3,(H,48,51,52)/t40-,42?,43?,44-,60?/m0/s1. The van der Waals surface area contributed by atoms with Crippen LogP contribution in [0.25, 0.3) is 0 Å². The molecule has 0 spiro atoms. The topological polar surface area (TPSA) is 147 Å². The molecule has 60 heavy (non-hydrogen) atoms. The molecule has 5 atom stereocenters. The SMILES string of the molecule is COc1ccc(C(OC[C@@H]2O[C@H](n3ccc(=O)[nH]c3=O)C(OCc3ccccc3)C2OP(OCCC#N)N(C(C)C)C(C)C)(c2ccccc2)c2ccc(OC)cc2)cc1. The van der Waals surface area contributed by atoms with Gasteiger partial charge in [0.15, 0.2) is 6.23 Å². The number of nitrogens with zero attached hydrogens (tertiary/aromatic N) is 3. The molecule has 1 aliphatic heterocycles. The van der Waals surface area contributed by atoms with Gasteiger partial charge in [-0.05, 0) is 74.2 Å². The molecular formula is C46H53N4O9P. The molecule has 6 rings (SSSR count). The number of rotatable bonds is 20. The fourth-order valence-electron chi connectivity index (χ4n) is 7.45. The third-order valence-corrected chi connectivity index (χ3v) is 12.3. The van der Waals surface area contributed by atoms with E-state index in [1.807, 2.05) is 109 Å². The lowest BCUT2D eigenvalue weighted by atomic mass is 9.80. The van der Waals surface area contributed by atoms with Crippen molar-refractivity contribution in [3.63, 3.8) is 0 Å². The minimum absolute atomic E-state index is 0.00704. The Labute approximate surface area is 352 Å². The van der Waals surface area contributed by atoms with E-state index in [0.29, 0.717) is 11.5 Å². The number of nitriles is 1. The van der Waals surface area contributed by atoms with Crippen LogP contribution in [0.5, 0.6) is 11.5 Å². The average molecular weight is 837 g/mol. The molecule has 2 heterocycles. The van der Waals surface area contributed by atoms with Gasteiger partial charge in [-0.3, -0.25) is 14.3 Å². The smallest absolute Gasteiger partial charge is 0.330 e. The zero-order valence-corrected chi connectivity index (χ0v) is 35.7. The molecule has 1 aliphatic rings. The summed E-state index contributed by atoms with van der Waals surface area (Å²) in [6.45, 7) is 8.46. The maximum Gasteiger partial charge on any atom is 0.330 e. The Kier molecular flexibility index (Phi) is 15.5.